The van der Waals surface area contributed by atoms with Gasteiger partial charge in [-0.1, -0.05) is 11.6 Å². The molecule has 1 fully saturated rings. The zero-order chi connectivity index (χ0) is 13.0. The van der Waals surface area contributed by atoms with Crippen LogP contribution in [-0.2, 0) is 0 Å². The Bertz CT molecular complexity index is 428. The molecular formula is C12H16ClN3O2. The Morgan fingerprint density at radius 2 is 2.39 bits per heavy atom. The Morgan fingerprint density at radius 1 is 1.56 bits per heavy atom. The number of rotatable bonds is 5. The van der Waals surface area contributed by atoms with E-state index in [4.69, 9.17) is 16.7 Å². The van der Waals surface area contributed by atoms with Crippen LogP contribution in [0.15, 0.2) is 6.33 Å². The summed E-state index contributed by atoms with van der Waals surface area (Å²) in [6.45, 7) is 1.06. The second-order valence-corrected chi connectivity index (χ2v) is 4.73. The summed E-state index contributed by atoms with van der Waals surface area (Å²) in [4.78, 5) is 21.2. The number of aldehydes is 1. The molecule has 0 saturated carbocycles. The highest BCUT2D eigenvalue weighted by molar-refractivity contribution is 6.32. The van der Waals surface area contributed by atoms with E-state index in [1.165, 1.54) is 6.33 Å². The van der Waals surface area contributed by atoms with E-state index in [-0.39, 0.29) is 11.8 Å². The van der Waals surface area contributed by atoms with Crippen molar-refractivity contribution in [2.75, 3.05) is 18.1 Å². The number of halogens is 1. The Labute approximate surface area is 111 Å². The first-order valence-electron chi connectivity index (χ1n) is 6.11. The lowest BCUT2D eigenvalue weighted by molar-refractivity contribution is 0.112. The predicted octanol–water partition coefficient (Wildman–Crippen LogP) is 1.68. The van der Waals surface area contributed by atoms with Crippen LogP contribution in [0.25, 0.3) is 0 Å². The van der Waals surface area contributed by atoms with Crippen LogP contribution in [0.3, 0.4) is 0 Å². The quantitative estimate of drug-likeness (QED) is 0.651. The van der Waals surface area contributed by atoms with Crippen LogP contribution < -0.4 is 4.90 Å². The molecule has 5 nitrogen and oxygen atoms in total. The molecule has 6 heteroatoms. The number of aliphatic hydroxyl groups is 1. The average Bonchev–Trinajstić information content (AvgIpc) is 2.84. The summed E-state index contributed by atoms with van der Waals surface area (Å²) in [6, 6.07) is 0.321. The third kappa shape index (κ3) is 2.62. The molecule has 1 atom stereocenters. The van der Waals surface area contributed by atoms with Crippen molar-refractivity contribution < 1.29 is 9.90 Å². The maximum Gasteiger partial charge on any atom is 0.156 e. The molecule has 1 saturated heterocycles. The van der Waals surface area contributed by atoms with Gasteiger partial charge in [-0.3, -0.25) is 4.79 Å². The van der Waals surface area contributed by atoms with Crippen molar-refractivity contribution in [2.45, 2.75) is 31.7 Å². The van der Waals surface area contributed by atoms with Gasteiger partial charge in [-0.15, -0.1) is 0 Å². The van der Waals surface area contributed by atoms with Gasteiger partial charge in [0.15, 0.2) is 6.29 Å². The van der Waals surface area contributed by atoms with Crippen molar-refractivity contribution in [1.82, 2.24) is 9.97 Å². The summed E-state index contributed by atoms with van der Waals surface area (Å²) in [6.07, 6.45) is 5.87. The van der Waals surface area contributed by atoms with Gasteiger partial charge in [-0.05, 0) is 25.7 Å². The van der Waals surface area contributed by atoms with Crippen molar-refractivity contribution >= 4 is 23.7 Å². The zero-order valence-electron chi connectivity index (χ0n) is 10.0. The molecule has 18 heavy (non-hydrogen) atoms. The third-order valence-corrected chi connectivity index (χ3v) is 3.58. The Kier molecular flexibility index (Phi) is 4.49. The molecule has 2 heterocycles. The van der Waals surface area contributed by atoms with Crippen molar-refractivity contribution in [3.63, 3.8) is 0 Å². The molecule has 1 unspecified atom stereocenters. The number of carbonyl (C=O) groups is 1. The molecule has 98 valence electrons. The van der Waals surface area contributed by atoms with E-state index in [1.54, 1.807) is 0 Å². The number of nitrogens with zero attached hydrogens (tertiary/aromatic N) is 3. The molecule has 1 aromatic rings. The van der Waals surface area contributed by atoms with E-state index in [0.717, 1.165) is 32.2 Å². The van der Waals surface area contributed by atoms with Crippen molar-refractivity contribution in [2.24, 2.45) is 0 Å². The predicted molar refractivity (Wildman–Crippen MR) is 69.1 cm³/mol. The normalized spacial score (nSPS) is 19.2. The molecule has 0 amide bonds. The number of hydrogen-bond donors (Lipinski definition) is 1. The molecule has 0 radical (unpaired) electrons. The summed E-state index contributed by atoms with van der Waals surface area (Å²) in [5.74, 6) is 0.616. The van der Waals surface area contributed by atoms with Crippen LogP contribution in [0.1, 0.15) is 36.0 Å². The standard InChI is InChI=1S/C12H16ClN3O2/c13-11-10(7-18)12(15-8-14-11)16-5-1-3-9(16)4-2-6-17/h7-9,17H,1-6H2. The van der Waals surface area contributed by atoms with Crippen LogP contribution in [0, 0.1) is 0 Å². The number of carbonyl (C=O) groups excluding carboxylic acids is 1. The number of aliphatic hydroxyl groups excluding tert-OH is 1. The summed E-state index contributed by atoms with van der Waals surface area (Å²) in [5.41, 5.74) is 0.357. The minimum Gasteiger partial charge on any atom is -0.396 e. The third-order valence-electron chi connectivity index (χ3n) is 3.28. The maximum atomic E-state index is 11.1. The Balaban J connectivity index is 2.24. The molecule has 0 bridgehead atoms. The fourth-order valence-corrected chi connectivity index (χ4v) is 2.61. The number of aromatic nitrogens is 2. The van der Waals surface area contributed by atoms with Gasteiger partial charge in [-0.25, -0.2) is 9.97 Å². The van der Waals surface area contributed by atoms with Crippen molar-refractivity contribution in [3.05, 3.63) is 17.0 Å². The Hall–Kier alpha value is -1.20. The molecule has 1 N–H and O–H groups in total. The van der Waals surface area contributed by atoms with E-state index in [2.05, 4.69) is 14.9 Å². The largest absolute Gasteiger partial charge is 0.396 e. The monoisotopic (exact) mass is 269 g/mol. The summed E-state index contributed by atoms with van der Waals surface area (Å²) < 4.78 is 0. The van der Waals surface area contributed by atoms with E-state index in [1.807, 2.05) is 0 Å². The first kappa shape index (κ1) is 13.2. The topological polar surface area (TPSA) is 66.3 Å². The van der Waals surface area contributed by atoms with Crippen LogP contribution in [0.2, 0.25) is 5.15 Å². The molecule has 1 aliphatic rings. The van der Waals surface area contributed by atoms with Gasteiger partial charge in [0.1, 0.15) is 17.3 Å². The van der Waals surface area contributed by atoms with Gasteiger partial charge in [0.25, 0.3) is 0 Å². The molecule has 0 aliphatic carbocycles. The van der Waals surface area contributed by atoms with Crippen LogP contribution in [0.5, 0.6) is 0 Å². The van der Waals surface area contributed by atoms with Gasteiger partial charge < -0.3 is 10.0 Å². The van der Waals surface area contributed by atoms with Crippen LogP contribution >= 0.6 is 11.6 Å². The molecule has 1 aliphatic heterocycles. The first-order valence-corrected chi connectivity index (χ1v) is 6.49. The lowest BCUT2D eigenvalue weighted by Gasteiger charge is -2.26. The van der Waals surface area contributed by atoms with Crippen LogP contribution in [0.4, 0.5) is 5.82 Å². The lowest BCUT2D eigenvalue weighted by Crippen LogP contribution is -2.31. The molecule has 0 spiro atoms. The zero-order valence-corrected chi connectivity index (χ0v) is 10.8. The fourth-order valence-electron chi connectivity index (χ4n) is 2.44. The highest BCUT2D eigenvalue weighted by atomic mass is 35.5. The lowest BCUT2D eigenvalue weighted by atomic mass is 10.1. The SMILES string of the molecule is O=Cc1c(Cl)ncnc1N1CCCC1CCCO. The Morgan fingerprint density at radius 3 is 3.11 bits per heavy atom. The minimum atomic E-state index is 0.190. The molecular weight excluding hydrogens is 254 g/mol. The number of anilines is 1. The average molecular weight is 270 g/mol. The van der Waals surface area contributed by atoms with E-state index >= 15 is 0 Å². The highest BCUT2D eigenvalue weighted by Gasteiger charge is 2.27. The number of hydrogen-bond acceptors (Lipinski definition) is 5. The molecule has 0 aromatic carbocycles. The van der Waals surface area contributed by atoms with Gasteiger partial charge in [0.2, 0.25) is 0 Å². The first-order chi connectivity index (χ1) is 8.77. The van der Waals surface area contributed by atoms with Crippen LogP contribution in [-0.4, -0.2) is 40.6 Å². The van der Waals surface area contributed by atoms with E-state index in [9.17, 15) is 4.79 Å². The molecule has 2 rings (SSSR count). The highest BCUT2D eigenvalue weighted by Crippen LogP contribution is 2.30. The minimum absolute atomic E-state index is 0.190. The summed E-state index contributed by atoms with van der Waals surface area (Å²) in [5, 5.41) is 9.10. The molecule has 1 aromatic heterocycles. The van der Waals surface area contributed by atoms with E-state index < -0.39 is 0 Å². The van der Waals surface area contributed by atoms with Gasteiger partial charge in [0.05, 0.1) is 5.56 Å². The van der Waals surface area contributed by atoms with Gasteiger partial charge in [0, 0.05) is 19.2 Å². The fraction of sp³-hybridized carbons (Fsp3) is 0.583. The smallest absolute Gasteiger partial charge is 0.156 e. The maximum absolute atomic E-state index is 11.1. The summed E-state index contributed by atoms with van der Waals surface area (Å²) in [7, 11) is 0. The van der Waals surface area contributed by atoms with Gasteiger partial charge in [-0.2, -0.15) is 0 Å². The summed E-state index contributed by atoms with van der Waals surface area (Å²) >= 11 is 5.91. The van der Waals surface area contributed by atoms with E-state index in [0.29, 0.717) is 23.7 Å². The van der Waals surface area contributed by atoms with Crippen molar-refractivity contribution in [3.8, 4) is 0 Å². The second kappa shape index (κ2) is 6.11. The van der Waals surface area contributed by atoms with Gasteiger partial charge >= 0.3 is 0 Å². The van der Waals surface area contributed by atoms with Crippen molar-refractivity contribution in [1.29, 1.82) is 0 Å². The second-order valence-electron chi connectivity index (χ2n) is 4.37.